The zero-order valence-electron chi connectivity index (χ0n) is 25.3. The van der Waals surface area contributed by atoms with E-state index in [0.717, 1.165) is 49.7 Å². The number of carbonyl (C=O) groups excluding carboxylic acids is 2. The molecule has 0 heterocycles. The first kappa shape index (κ1) is 31.0. The molecule has 0 saturated heterocycles. The van der Waals surface area contributed by atoms with Crippen molar-refractivity contribution in [3.8, 4) is 0 Å². The third-order valence-corrected chi connectivity index (χ3v) is 11.2. The number of ether oxygens (including phenoxy) is 2. The number of hydrogen-bond acceptors (Lipinski definition) is 6. The van der Waals surface area contributed by atoms with E-state index >= 15 is 0 Å². The van der Waals surface area contributed by atoms with Gasteiger partial charge < -0.3 is 38.2 Å². The largest absolute Gasteiger partial charge is 0.553 e. The maximum Gasteiger partial charge on any atom is 0.251 e. The van der Waals surface area contributed by atoms with E-state index < -0.39 is 12.3 Å². The van der Waals surface area contributed by atoms with Gasteiger partial charge in [0.25, 0.3) is 12.3 Å². The highest BCUT2D eigenvalue weighted by Crippen LogP contribution is 2.59. The summed E-state index contributed by atoms with van der Waals surface area (Å²) in [6.07, 6.45) is 15.6. The third kappa shape index (κ3) is 6.96. The molecule has 38 heavy (non-hydrogen) atoms. The predicted molar refractivity (Wildman–Crippen MR) is 143 cm³/mol. The lowest BCUT2D eigenvalue weighted by Crippen LogP contribution is -2.65. The van der Waals surface area contributed by atoms with Crippen molar-refractivity contribution < 1.29 is 38.2 Å². The fourth-order valence-electron chi connectivity index (χ4n) is 9.77. The van der Waals surface area contributed by atoms with Gasteiger partial charge in [0.2, 0.25) is 0 Å². The monoisotopic (exact) mass is 538 g/mol. The first-order valence-corrected chi connectivity index (χ1v) is 14.6. The SMILES string of the molecule is COC(=O)[O-].COC(=O)[O-].C[N+](C)(C)C12CC3CC(CC(C3)C1)C2.C[N+](C)(C)C12CC3CC(CC(C3)C1)C2. The lowest BCUT2D eigenvalue weighted by atomic mass is 9.52. The van der Waals surface area contributed by atoms with E-state index in [9.17, 15) is 0 Å². The zero-order valence-corrected chi connectivity index (χ0v) is 25.3. The van der Waals surface area contributed by atoms with Crippen molar-refractivity contribution in [3.05, 3.63) is 0 Å². The van der Waals surface area contributed by atoms with Crippen LogP contribution in [0.25, 0.3) is 0 Å². The summed E-state index contributed by atoms with van der Waals surface area (Å²) in [5.74, 6) is 6.58. The highest BCUT2D eigenvalue weighted by atomic mass is 16.7. The van der Waals surface area contributed by atoms with Gasteiger partial charge in [0.1, 0.15) is 0 Å². The lowest BCUT2D eigenvalue weighted by Gasteiger charge is -2.61. The smallest absolute Gasteiger partial charge is 0.251 e. The molecule has 0 unspecified atom stereocenters. The van der Waals surface area contributed by atoms with Crippen LogP contribution >= 0.6 is 0 Å². The lowest BCUT2D eigenvalue weighted by molar-refractivity contribution is -0.930. The fourth-order valence-corrected chi connectivity index (χ4v) is 9.77. The van der Waals surface area contributed by atoms with Gasteiger partial charge >= 0.3 is 0 Å². The molecule has 8 aliphatic carbocycles. The summed E-state index contributed by atoms with van der Waals surface area (Å²) >= 11 is 0. The molecule has 0 amide bonds. The topological polar surface area (TPSA) is 98.7 Å². The summed E-state index contributed by atoms with van der Waals surface area (Å²) in [7, 11) is 16.6. The molecule has 8 saturated carbocycles. The summed E-state index contributed by atoms with van der Waals surface area (Å²) in [5, 5.41) is 18.1. The maximum atomic E-state index is 9.03. The maximum absolute atomic E-state index is 9.03. The van der Waals surface area contributed by atoms with E-state index in [1.54, 1.807) is 38.5 Å². The van der Waals surface area contributed by atoms with Crippen LogP contribution in [-0.2, 0) is 9.47 Å². The van der Waals surface area contributed by atoms with E-state index in [-0.39, 0.29) is 0 Å². The molecule has 0 aromatic rings. The number of carbonyl (C=O) groups is 2. The molecule has 0 aromatic heterocycles. The summed E-state index contributed by atoms with van der Waals surface area (Å²) in [5.41, 5.74) is 1.35. The van der Waals surface area contributed by atoms with Crippen molar-refractivity contribution in [2.24, 2.45) is 35.5 Å². The molecular formula is C30H54N2O6. The molecule has 8 rings (SSSR count). The summed E-state index contributed by atoms with van der Waals surface area (Å²) in [4.78, 5) is 18.1. The van der Waals surface area contributed by atoms with Crippen molar-refractivity contribution in [1.82, 2.24) is 0 Å². The van der Waals surface area contributed by atoms with Crippen molar-refractivity contribution in [1.29, 1.82) is 0 Å². The number of hydrogen-bond donors (Lipinski definition) is 0. The quantitative estimate of drug-likeness (QED) is 0.395. The Balaban J connectivity index is 0.000000158. The Morgan fingerprint density at radius 1 is 0.526 bits per heavy atom. The van der Waals surface area contributed by atoms with E-state index in [0.29, 0.717) is 11.1 Å². The van der Waals surface area contributed by atoms with Crippen molar-refractivity contribution in [3.63, 3.8) is 0 Å². The second kappa shape index (κ2) is 11.5. The minimum Gasteiger partial charge on any atom is -0.553 e. The normalized spacial score (nSPS) is 39.5. The molecule has 0 spiro atoms. The molecule has 8 heteroatoms. The van der Waals surface area contributed by atoms with Crippen LogP contribution in [0, 0.1) is 35.5 Å². The second-order valence-corrected chi connectivity index (χ2v) is 15.2. The minimum atomic E-state index is -1.50. The Kier molecular flexibility index (Phi) is 9.40. The first-order chi connectivity index (χ1) is 17.5. The van der Waals surface area contributed by atoms with Crippen molar-refractivity contribution >= 4 is 12.3 Å². The molecule has 0 aliphatic heterocycles. The van der Waals surface area contributed by atoms with Crippen LogP contribution in [0.15, 0.2) is 0 Å². The van der Waals surface area contributed by atoms with Crippen LogP contribution in [0.2, 0.25) is 0 Å². The van der Waals surface area contributed by atoms with Gasteiger partial charge in [-0.1, -0.05) is 0 Å². The predicted octanol–water partition coefficient (Wildman–Crippen LogP) is 3.28. The second-order valence-electron chi connectivity index (χ2n) is 15.2. The van der Waals surface area contributed by atoms with Crippen LogP contribution in [-0.4, -0.2) is 88.9 Å². The van der Waals surface area contributed by atoms with Gasteiger partial charge in [0.15, 0.2) is 0 Å². The molecule has 8 fully saturated rings. The highest BCUT2D eigenvalue weighted by Gasteiger charge is 2.58. The number of rotatable bonds is 2. The molecule has 8 aliphatic rings. The van der Waals surface area contributed by atoms with Gasteiger partial charge in [-0.25, -0.2) is 0 Å². The molecule has 8 bridgehead atoms. The summed E-state index contributed by atoms with van der Waals surface area (Å²) < 4.78 is 9.55. The van der Waals surface area contributed by atoms with E-state index in [4.69, 9.17) is 19.8 Å². The van der Waals surface area contributed by atoms with Crippen molar-refractivity contribution in [2.75, 3.05) is 56.5 Å². The molecule has 8 nitrogen and oxygen atoms in total. The molecule has 0 N–H and O–H groups in total. The third-order valence-electron chi connectivity index (χ3n) is 11.2. The number of quaternary nitrogens is 2. The van der Waals surface area contributed by atoms with Crippen LogP contribution in [0.1, 0.15) is 77.0 Å². The fraction of sp³-hybridized carbons (Fsp3) is 0.933. The van der Waals surface area contributed by atoms with Crippen LogP contribution in [0.3, 0.4) is 0 Å². The van der Waals surface area contributed by atoms with Gasteiger partial charge in [-0.2, -0.15) is 0 Å². The summed E-state index contributed by atoms with van der Waals surface area (Å²) in [6, 6.07) is 0. The first-order valence-electron chi connectivity index (χ1n) is 14.6. The average Bonchev–Trinajstić information content (AvgIpc) is 2.77. The number of nitrogens with zero attached hydrogens (tertiary/aromatic N) is 2. The average molecular weight is 539 g/mol. The van der Waals surface area contributed by atoms with Gasteiger partial charge in [-0.15, -0.1) is 0 Å². The zero-order chi connectivity index (χ0) is 28.5. The standard InChI is InChI=1S/2C13H24N.2C2H4O3/c2*1-14(2,3)13-7-10-4-11(8-13)6-12(5-10)9-13;2*1-5-2(3)4/h2*10-12H,4-9H2,1-3H3;2*1H3,(H,3,4)/q2*+1;;/p-2. The molecule has 220 valence electrons. The summed E-state index contributed by atoms with van der Waals surface area (Å²) in [6.45, 7) is 0. The van der Waals surface area contributed by atoms with E-state index in [1.165, 1.54) is 47.5 Å². The van der Waals surface area contributed by atoms with Gasteiger partial charge in [0.05, 0.1) is 53.4 Å². The van der Waals surface area contributed by atoms with Gasteiger partial charge in [-0.3, -0.25) is 0 Å². The molecule has 0 atom stereocenters. The van der Waals surface area contributed by atoms with Crippen LogP contribution in [0.4, 0.5) is 9.59 Å². The highest BCUT2D eigenvalue weighted by molar-refractivity contribution is 5.53. The van der Waals surface area contributed by atoms with Crippen LogP contribution < -0.4 is 10.2 Å². The Bertz CT molecular complexity index is 689. The molecule has 0 aromatic carbocycles. The minimum absolute atomic E-state index is 0.675. The Morgan fingerprint density at radius 3 is 0.789 bits per heavy atom. The number of methoxy groups -OCH3 is 2. The molecule has 0 radical (unpaired) electrons. The van der Waals surface area contributed by atoms with Gasteiger partial charge in [0, 0.05) is 52.7 Å². The molecular weight excluding hydrogens is 484 g/mol. The van der Waals surface area contributed by atoms with E-state index in [2.05, 4.69) is 51.8 Å². The Hall–Kier alpha value is -1.54. The Morgan fingerprint density at radius 2 is 0.684 bits per heavy atom. The van der Waals surface area contributed by atoms with Crippen LogP contribution in [0.5, 0.6) is 0 Å². The van der Waals surface area contributed by atoms with Gasteiger partial charge in [-0.05, 0) is 74.0 Å². The van der Waals surface area contributed by atoms with E-state index in [1.807, 2.05) is 0 Å². The Labute approximate surface area is 230 Å². The van der Waals surface area contributed by atoms with Crippen molar-refractivity contribution in [2.45, 2.75) is 88.1 Å². The number of carboxylic acid groups (broad SMARTS) is 2.